The molecule has 2 fully saturated rings. The number of carboxylic acids is 1. The molecule has 2 aliphatic rings. The van der Waals surface area contributed by atoms with Gasteiger partial charge in [-0.1, -0.05) is 39.2 Å². The average molecular weight is 300 g/mol. The molecule has 114 valence electrons. The largest absolute Gasteiger partial charge is 0.478 e. The van der Waals surface area contributed by atoms with E-state index in [-0.39, 0.29) is 28.7 Å². The lowest BCUT2D eigenvalue weighted by molar-refractivity contribution is -0.132. The first-order chi connectivity index (χ1) is 9.22. The number of allylic oxidation sites excluding steroid dienone is 1. The van der Waals surface area contributed by atoms with Gasteiger partial charge >= 0.3 is 5.97 Å². The summed E-state index contributed by atoms with van der Waals surface area (Å²) in [7, 11) is -3.40. The van der Waals surface area contributed by atoms with Crippen molar-refractivity contribution in [2.75, 3.05) is 6.16 Å². The second-order valence-electron chi connectivity index (χ2n) is 7.02. The maximum Gasteiger partial charge on any atom is 0.331 e. The van der Waals surface area contributed by atoms with Gasteiger partial charge in [0.2, 0.25) is 7.37 Å². The minimum Gasteiger partial charge on any atom is -0.478 e. The van der Waals surface area contributed by atoms with Gasteiger partial charge in [0, 0.05) is 11.2 Å². The van der Waals surface area contributed by atoms with Crippen molar-refractivity contribution in [1.82, 2.24) is 0 Å². The quantitative estimate of drug-likeness (QED) is 0.600. The van der Waals surface area contributed by atoms with Gasteiger partial charge in [-0.05, 0) is 30.6 Å². The van der Waals surface area contributed by atoms with Gasteiger partial charge in [0.15, 0.2) is 0 Å². The van der Waals surface area contributed by atoms with Crippen LogP contribution in [0.2, 0.25) is 0 Å². The van der Waals surface area contributed by atoms with E-state index in [4.69, 9.17) is 0 Å². The van der Waals surface area contributed by atoms with Crippen molar-refractivity contribution in [1.29, 1.82) is 0 Å². The Kier molecular flexibility index (Phi) is 4.46. The van der Waals surface area contributed by atoms with Gasteiger partial charge in [-0.25, -0.2) is 4.79 Å². The van der Waals surface area contributed by atoms with E-state index < -0.39 is 13.3 Å². The Bertz CT molecular complexity index is 460. The van der Waals surface area contributed by atoms with E-state index >= 15 is 0 Å². The summed E-state index contributed by atoms with van der Waals surface area (Å²) in [6, 6.07) is 0. The number of hydrogen-bond donors (Lipinski definition) is 2. The van der Waals surface area contributed by atoms with Crippen molar-refractivity contribution in [3.63, 3.8) is 0 Å². The lowest BCUT2D eigenvalue weighted by Gasteiger charge is -2.20. The van der Waals surface area contributed by atoms with Crippen LogP contribution in [0.5, 0.6) is 0 Å². The average Bonchev–Trinajstić information content (AvgIpc) is 3.00. The highest BCUT2D eigenvalue weighted by molar-refractivity contribution is 7.59. The van der Waals surface area contributed by atoms with Gasteiger partial charge < -0.3 is 10.00 Å². The van der Waals surface area contributed by atoms with E-state index in [1.165, 1.54) is 6.42 Å². The molecule has 0 aliphatic heterocycles. The summed E-state index contributed by atoms with van der Waals surface area (Å²) in [5.41, 5.74) is -0.201. The van der Waals surface area contributed by atoms with Gasteiger partial charge in [0.25, 0.3) is 0 Å². The van der Waals surface area contributed by atoms with Crippen LogP contribution in [0.3, 0.4) is 0 Å². The second kappa shape index (κ2) is 5.65. The molecule has 0 radical (unpaired) electrons. The van der Waals surface area contributed by atoms with Crippen LogP contribution < -0.4 is 0 Å². The molecule has 2 unspecified atom stereocenters. The van der Waals surface area contributed by atoms with E-state index in [0.717, 1.165) is 32.1 Å². The molecule has 2 N–H and O–H groups in total. The molecule has 0 aromatic rings. The maximum absolute atomic E-state index is 12.4. The molecule has 0 saturated heterocycles. The molecule has 20 heavy (non-hydrogen) atoms. The molecular weight excluding hydrogens is 275 g/mol. The zero-order valence-electron chi connectivity index (χ0n) is 12.3. The predicted octanol–water partition coefficient (Wildman–Crippen LogP) is 3.65. The normalized spacial score (nSPS) is 29.8. The summed E-state index contributed by atoms with van der Waals surface area (Å²) in [4.78, 5) is 21.5. The highest BCUT2D eigenvalue weighted by Crippen LogP contribution is 2.67. The van der Waals surface area contributed by atoms with Gasteiger partial charge in [0.05, 0.1) is 6.16 Å². The summed E-state index contributed by atoms with van der Waals surface area (Å²) in [6.45, 7) is 3.93. The third-order valence-electron chi connectivity index (χ3n) is 4.71. The Balaban J connectivity index is 2.07. The molecule has 2 rings (SSSR count). The fourth-order valence-corrected chi connectivity index (χ4v) is 6.06. The van der Waals surface area contributed by atoms with Crippen molar-refractivity contribution in [3.8, 4) is 0 Å². The first kappa shape index (κ1) is 15.8. The van der Waals surface area contributed by atoms with Crippen LogP contribution in [0.1, 0.15) is 52.4 Å². The maximum atomic E-state index is 12.4. The van der Waals surface area contributed by atoms with Crippen molar-refractivity contribution in [3.05, 3.63) is 11.6 Å². The number of aliphatic carboxylic acids is 1. The van der Waals surface area contributed by atoms with Crippen LogP contribution in [0.15, 0.2) is 11.6 Å². The Labute approximate surface area is 120 Å². The van der Waals surface area contributed by atoms with Crippen LogP contribution in [-0.2, 0) is 9.36 Å². The number of carboxylic acid groups (broad SMARTS) is 1. The van der Waals surface area contributed by atoms with Gasteiger partial charge in [-0.15, -0.1) is 0 Å². The number of carbonyl (C=O) groups is 1. The third kappa shape index (κ3) is 3.73. The zero-order chi connectivity index (χ0) is 15.0. The molecule has 0 amide bonds. The summed E-state index contributed by atoms with van der Waals surface area (Å²) in [6.07, 6.45) is 7.76. The second-order valence-corrected chi connectivity index (χ2v) is 9.47. The SMILES string of the molecule is CC1(C)CC1P(=O)(O)CC(=CC1CCCCC1)C(=O)O. The smallest absolute Gasteiger partial charge is 0.331 e. The van der Waals surface area contributed by atoms with Crippen molar-refractivity contribution in [2.45, 2.75) is 58.0 Å². The standard InChI is InChI=1S/C15H25O4P/c1-15(2)9-13(15)20(18,19)10-12(14(16)17)8-11-6-4-3-5-7-11/h8,11,13H,3-7,9-10H2,1-2H3,(H,16,17)(H,18,19). The van der Waals surface area contributed by atoms with E-state index in [2.05, 4.69) is 0 Å². The van der Waals surface area contributed by atoms with Crippen LogP contribution in [0.4, 0.5) is 0 Å². The summed E-state index contributed by atoms with van der Waals surface area (Å²) in [5.74, 6) is -0.773. The summed E-state index contributed by atoms with van der Waals surface area (Å²) in [5, 5.41) is 9.30. The monoisotopic (exact) mass is 300 g/mol. The Morgan fingerprint density at radius 2 is 1.85 bits per heavy atom. The van der Waals surface area contributed by atoms with Gasteiger partial charge in [-0.2, -0.15) is 0 Å². The van der Waals surface area contributed by atoms with E-state index in [0.29, 0.717) is 0 Å². The first-order valence-corrected chi connectivity index (χ1v) is 9.39. The topological polar surface area (TPSA) is 74.6 Å². The lowest BCUT2D eigenvalue weighted by atomic mass is 9.88. The van der Waals surface area contributed by atoms with Crippen LogP contribution in [-0.4, -0.2) is 27.8 Å². The molecular formula is C15H25O4P. The molecule has 0 spiro atoms. The van der Waals surface area contributed by atoms with E-state index in [9.17, 15) is 19.4 Å². The summed E-state index contributed by atoms with van der Waals surface area (Å²) < 4.78 is 12.4. The van der Waals surface area contributed by atoms with Crippen molar-refractivity contribution >= 4 is 13.3 Å². The Hall–Kier alpha value is -0.600. The molecule has 5 heteroatoms. The molecule has 0 bridgehead atoms. The highest BCUT2D eigenvalue weighted by atomic mass is 31.2. The summed E-state index contributed by atoms with van der Waals surface area (Å²) >= 11 is 0. The minimum atomic E-state index is -3.40. The van der Waals surface area contributed by atoms with Gasteiger partial charge in [0.1, 0.15) is 0 Å². The van der Waals surface area contributed by atoms with Crippen LogP contribution in [0, 0.1) is 11.3 Å². The van der Waals surface area contributed by atoms with E-state index in [1.54, 1.807) is 6.08 Å². The Morgan fingerprint density at radius 1 is 1.30 bits per heavy atom. The molecule has 0 aromatic heterocycles. The highest BCUT2D eigenvalue weighted by Gasteiger charge is 2.56. The lowest BCUT2D eigenvalue weighted by Crippen LogP contribution is -2.13. The molecule has 2 atom stereocenters. The number of rotatable bonds is 5. The molecule has 0 heterocycles. The van der Waals surface area contributed by atoms with Gasteiger partial charge in [-0.3, -0.25) is 4.57 Å². The molecule has 0 aromatic carbocycles. The van der Waals surface area contributed by atoms with Crippen molar-refractivity contribution in [2.24, 2.45) is 11.3 Å². The van der Waals surface area contributed by atoms with Crippen molar-refractivity contribution < 1.29 is 19.4 Å². The molecule has 4 nitrogen and oxygen atoms in total. The zero-order valence-corrected chi connectivity index (χ0v) is 13.2. The number of hydrogen-bond acceptors (Lipinski definition) is 2. The third-order valence-corrected chi connectivity index (χ3v) is 7.36. The minimum absolute atomic E-state index is 0.112. The molecule has 2 aliphatic carbocycles. The van der Waals surface area contributed by atoms with E-state index in [1.807, 2.05) is 13.8 Å². The fraction of sp³-hybridized carbons (Fsp3) is 0.800. The predicted molar refractivity (Wildman–Crippen MR) is 79.2 cm³/mol. The molecule has 2 saturated carbocycles. The van der Waals surface area contributed by atoms with Crippen LogP contribution >= 0.6 is 7.37 Å². The first-order valence-electron chi connectivity index (χ1n) is 7.48. The van der Waals surface area contributed by atoms with Crippen LogP contribution in [0.25, 0.3) is 0 Å². The fourth-order valence-electron chi connectivity index (χ4n) is 3.26. The Morgan fingerprint density at radius 3 is 2.30 bits per heavy atom.